The second kappa shape index (κ2) is 6.76. The van der Waals surface area contributed by atoms with Crippen molar-refractivity contribution < 1.29 is 22.7 Å². The Balaban J connectivity index is 1.90. The van der Waals surface area contributed by atoms with Gasteiger partial charge in [-0.15, -0.1) is 0 Å². The molecule has 0 saturated heterocycles. The van der Waals surface area contributed by atoms with Crippen LogP contribution in [0.15, 0.2) is 54.6 Å². The van der Waals surface area contributed by atoms with Crippen molar-refractivity contribution in [3.8, 4) is 0 Å². The molecule has 0 amide bonds. The first kappa shape index (κ1) is 18.5. The van der Waals surface area contributed by atoms with Crippen LogP contribution < -0.4 is 0 Å². The molecule has 3 rings (SSSR count). The largest absolute Gasteiger partial charge is 0.417 e. The van der Waals surface area contributed by atoms with Gasteiger partial charge in [0.05, 0.1) is 0 Å². The standard InChI is InChI=1S/C20H19F4NO/c1-13(16-7-3-4-8-17(16)21)11-19(26,20(22,23)24)12-15-10-14-6-2-5-9-18(14)25-15/h2-10,13,25-26H,11-12H2,1H3. The highest BCUT2D eigenvalue weighted by Gasteiger charge is 2.54. The lowest BCUT2D eigenvalue weighted by Crippen LogP contribution is -2.48. The lowest BCUT2D eigenvalue weighted by atomic mass is 9.83. The van der Waals surface area contributed by atoms with Gasteiger partial charge in [-0.2, -0.15) is 13.2 Å². The van der Waals surface area contributed by atoms with E-state index >= 15 is 0 Å². The third-order valence-corrected chi connectivity index (χ3v) is 4.68. The summed E-state index contributed by atoms with van der Waals surface area (Å²) in [5.74, 6) is -1.37. The molecule has 0 aliphatic heterocycles. The van der Waals surface area contributed by atoms with E-state index in [2.05, 4.69) is 4.98 Å². The number of benzene rings is 2. The fourth-order valence-electron chi connectivity index (χ4n) is 3.32. The number of aromatic amines is 1. The van der Waals surface area contributed by atoms with Gasteiger partial charge in [0.15, 0.2) is 5.60 Å². The Morgan fingerprint density at radius 2 is 1.69 bits per heavy atom. The Kier molecular flexibility index (Phi) is 4.80. The van der Waals surface area contributed by atoms with Crippen LogP contribution in [0, 0.1) is 5.82 Å². The molecule has 0 bridgehead atoms. The van der Waals surface area contributed by atoms with Crippen LogP contribution in [0.25, 0.3) is 10.9 Å². The van der Waals surface area contributed by atoms with Crippen LogP contribution in [0.2, 0.25) is 0 Å². The number of H-pyrrole nitrogens is 1. The summed E-state index contributed by atoms with van der Waals surface area (Å²) in [4.78, 5) is 2.91. The monoisotopic (exact) mass is 365 g/mol. The summed E-state index contributed by atoms with van der Waals surface area (Å²) < 4.78 is 54.9. The van der Waals surface area contributed by atoms with Crippen molar-refractivity contribution >= 4 is 10.9 Å². The number of nitrogens with one attached hydrogen (secondary N) is 1. The molecule has 0 radical (unpaired) electrons. The second-order valence-corrected chi connectivity index (χ2v) is 6.71. The van der Waals surface area contributed by atoms with E-state index in [9.17, 15) is 22.7 Å². The van der Waals surface area contributed by atoms with E-state index in [-0.39, 0.29) is 11.3 Å². The van der Waals surface area contributed by atoms with E-state index in [1.54, 1.807) is 36.4 Å². The van der Waals surface area contributed by atoms with Crippen molar-refractivity contribution in [2.75, 3.05) is 0 Å². The van der Waals surface area contributed by atoms with Gasteiger partial charge in [0.25, 0.3) is 0 Å². The maximum Gasteiger partial charge on any atom is 0.417 e. The Morgan fingerprint density at radius 3 is 2.35 bits per heavy atom. The molecular formula is C20H19F4NO. The van der Waals surface area contributed by atoms with Gasteiger partial charge in [-0.25, -0.2) is 4.39 Å². The van der Waals surface area contributed by atoms with Gasteiger partial charge in [-0.3, -0.25) is 0 Å². The van der Waals surface area contributed by atoms with Gasteiger partial charge in [0, 0.05) is 17.6 Å². The summed E-state index contributed by atoms with van der Waals surface area (Å²) in [5.41, 5.74) is -1.82. The molecule has 0 aliphatic carbocycles. The molecule has 2 unspecified atom stereocenters. The fraction of sp³-hybridized carbons (Fsp3) is 0.300. The minimum atomic E-state index is -4.84. The summed E-state index contributed by atoms with van der Waals surface area (Å²) in [5, 5.41) is 11.3. The number of fused-ring (bicyclic) bond motifs is 1. The molecule has 0 fully saturated rings. The van der Waals surface area contributed by atoms with Gasteiger partial charge >= 0.3 is 6.18 Å². The van der Waals surface area contributed by atoms with Crippen LogP contribution in [0.5, 0.6) is 0 Å². The summed E-state index contributed by atoms with van der Waals surface area (Å²) >= 11 is 0. The number of hydrogen-bond acceptors (Lipinski definition) is 1. The van der Waals surface area contributed by atoms with E-state index in [0.29, 0.717) is 5.52 Å². The van der Waals surface area contributed by atoms with Gasteiger partial charge in [-0.05, 0) is 41.5 Å². The SMILES string of the molecule is CC(CC(O)(Cc1cc2ccccc2[nH]1)C(F)(F)F)c1ccccc1F. The topological polar surface area (TPSA) is 36.0 Å². The molecule has 0 spiro atoms. The minimum Gasteiger partial charge on any atom is -0.380 e. The lowest BCUT2D eigenvalue weighted by Gasteiger charge is -2.33. The maximum absolute atomic E-state index is 13.9. The summed E-state index contributed by atoms with van der Waals surface area (Å²) in [6, 6.07) is 14.4. The van der Waals surface area contributed by atoms with Crippen molar-refractivity contribution in [2.24, 2.45) is 0 Å². The molecule has 6 heteroatoms. The zero-order valence-electron chi connectivity index (χ0n) is 14.1. The minimum absolute atomic E-state index is 0.159. The van der Waals surface area contributed by atoms with Crippen LogP contribution in [0.1, 0.15) is 30.5 Å². The molecule has 0 aliphatic rings. The Labute approximate surface area is 148 Å². The van der Waals surface area contributed by atoms with Crippen LogP contribution in [-0.2, 0) is 6.42 Å². The molecule has 26 heavy (non-hydrogen) atoms. The Morgan fingerprint density at radius 1 is 1.04 bits per heavy atom. The second-order valence-electron chi connectivity index (χ2n) is 6.71. The summed E-state index contributed by atoms with van der Waals surface area (Å²) in [7, 11) is 0. The highest BCUT2D eigenvalue weighted by Crippen LogP contribution is 2.41. The van der Waals surface area contributed by atoms with Crippen LogP contribution in [0.3, 0.4) is 0 Å². The van der Waals surface area contributed by atoms with E-state index in [1.165, 1.54) is 25.1 Å². The molecule has 2 N–H and O–H groups in total. The molecule has 138 valence electrons. The number of hydrogen-bond donors (Lipinski definition) is 2. The first-order valence-corrected chi connectivity index (χ1v) is 8.30. The van der Waals surface area contributed by atoms with Crippen LogP contribution in [-0.4, -0.2) is 21.9 Å². The zero-order chi connectivity index (χ0) is 18.9. The summed E-state index contributed by atoms with van der Waals surface area (Å²) in [6.45, 7) is 1.49. The lowest BCUT2D eigenvalue weighted by molar-refractivity contribution is -0.263. The Hall–Kier alpha value is -2.34. The van der Waals surface area contributed by atoms with E-state index in [1.807, 2.05) is 0 Å². The molecular weight excluding hydrogens is 346 g/mol. The average Bonchev–Trinajstić information content (AvgIpc) is 2.95. The predicted molar refractivity (Wildman–Crippen MR) is 92.4 cm³/mol. The average molecular weight is 365 g/mol. The van der Waals surface area contributed by atoms with Crippen molar-refractivity contribution in [3.05, 3.63) is 71.7 Å². The van der Waals surface area contributed by atoms with Crippen LogP contribution in [0.4, 0.5) is 17.6 Å². The highest BCUT2D eigenvalue weighted by molar-refractivity contribution is 5.80. The molecule has 0 saturated carbocycles. The fourth-order valence-corrected chi connectivity index (χ4v) is 3.32. The van der Waals surface area contributed by atoms with Crippen molar-refractivity contribution in [1.29, 1.82) is 0 Å². The quantitative estimate of drug-likeness (QED) is 0.589. The van der Waals surface area contributed by atoms with Crippen molar-refractivity contribution in [2.45, 2.75) is 37.5 Å². The predicted octanol–water partition coefficient (Wildman–Crippen LogP) is 5.34. The first-order valence-electron chi connectivity index (χ1n) is 8.30. The molecule has 1 heterocycles. The number of aliphatic hydroxyl groups is 1. The van der Waals surface area contributed by atoms with Gasteiger partial charge < -0.3 is 10.1 Å². The van der Waals surface area contributed by atoms with Gasteiger partial charge in [-0.1, -0.05) is 43.3 Å². The number of rotatable bonds is 5. The maximum atomic E-state index is 13.9. The highest BCUT2D eigenvalue weighted by atomic mass is 19.4. The smallest absolute Gasteiger partial charge is 0.380 e. The third kappa shape index (κ3) is 3.60. The molecule has 2 aromatic carbocycles. The molecule has 3 aromatic rings. The normalized spacial score (nSPS) is 15.8. The first-order chi connectivity index (χ1) is 12.2. The number of alkyl halides is 3. The van der Waals surface area contributed by atoms with E-state index in [0.717, 1.165) is 5.39 Å². The van der Waals surface area contributed by atoms with E-state index < -0.39 is 36.4 Å². The molecule has 1 aromatic heterocycles. The molecule has 2 atom stereocenters. The van der Waals surface area contributed by atoms with Crippen LogP contribution >= 0.6 is 0 Å². The summed E-state index contributed by atoms with van der Waals surface area (Å²) in [6.07, 6.45) is -6.10. The van der Waals surface area contributed by atoms with Crippen molar-refractivity contribution in [3.63, 3.8) is 0 Å². The number of halogens is 4. The third-order valence-electron chi connectivity index (χ3n) is 4.68. The molecule has 2 nitrogen and oxygen atoms in total. The van der Waals surface area contributed by atoms with E-state index in [4.69, 9.17) is 0 Å². The number of aromatic nitrogens is 1. The van der Waals surface area contributed by atoms with Gasteiger partial charge in [0.1, 0.15) is 5.82 Å². The zero-order valence-corrected chi connectivity index (χ0v) is 14.1. The number of para-hydroxylation sites is 1. The van der Waals surface area contributed by atoms with Gasteiger partial charge in [0.2, 0.25) is 0 Å². The van der Waals surface area contributed by atoms with Crippen molar-refractivity contribution in [1.82, 2.24) is 4.98 Å². The Bertz CT molecular complexity index is 869.